The second-order valence-corrected chi connectivity index (χ2v) is 4.91. The van der Waals surface area contributed by atoms with Crippen molar-refractivity contribution in [3.8, 4) is 0 Å². The van der Waals surface area contributed by atoms with Gasteiger partial charge in [-0.1, -0.05) is 0 Å². The summed E-state index contributed by atoms with van der Waals surface area (Å²) in [5, 5.41) is 9.47. The average Bonchev–Trinajstić information content (AvgIpc) is 2.87. The Balaban J connectivity index is 0.00000112. The normalized spacial score (nSPS) is 29.9. The van der Waals surface area contributed by atoms with E-state index in [0.29, 0.717) is 5.92 Å². The SMILES string of the molecule is Cl.O=C(NCC1CCNC1)[C@H]1CSCN1. The van der Waals surface area contributed by atoms with Gasteiger partial charge in [-0.3, -0.25) is 10.1 Å². The first-order valence-corrected chi connectivity index (χ1v) is 6.31. The Hall–Kier alpha value is 0.0300. The van der Waals surface area contributed by atoms with E-state index < -0.39 is 0 Å². The Kier molecular flexibility index (Phi) is 5.74. The summed E-state index contributed by atoms with van der Waals surface area (Å²) in [7, 11) is 0. The van der Waals surface area contributed by atoms with Gasteiger partial charge in [-0.15, -0.1) is 24.2 Å². The van der Waals surface area contributed by atoms with Crippen LogP contribution in [0.4, 0.5) is 0 Å². The molecular weight excluding hydrogens is 234 g/mol. The lowest BCUT2D eigenvalue weighted by atomic mass is 10.1. The first-order valence-electron chi connectivity index (χ1n) is 5.16. The van der Waals surface area contributed by atoms with Gasteiger partial charge in [0.1, 0.15) is 0 Å². The van der Waals surface area contributed by atoms with E-state index in [1.165, 1.54) is 6.42 Å². The molecule has 0 saturated carbocycles. The Labute approximate surface area is 101 Å². The van der Waals surface area contributed by atoms with E-state index in [0.717, 1.165) is 31.3 Å². The standard InChI is InChI=1S/C9H17N3OS.ClH/c13-9(8-5-14-6-12-8)11-4-7-1-2-10-3-7;/h7-8,10,12H,1-6H2,(H,11,13);1H/t7?,8-;/m1./s1. The molecule has 1 unspecified atom stereocenters. The molecular formula is C9H18ClN3OS. The lowest BCUT2D eigenvalue weighted by molar-refractivity contribution is -0.122. The fraction of sp³-hybridized carbons (Fsp3) is 0.889. The lowest BCUT2D eigenvalue weighted by Gasteiger charge is -2.13. The molecule has 0 spiro atoms. The highest BCUT2D eigenvalue weighted by Gasteiger charge is 2.23. The minimum Gasteiger partial charge on any atom is -0.354 e. The third-order valence-corrected chi connectivity index (χ3v) is 3.70. The molecule has 4 nitrogen and oxygen atoms in total. The average molecular weight is 252 g/mol. The van der Waals surface area contributed by atoms with E-state index in [1.807, 2.05) is 0 Å². The number of thioether (sulfide) groups is 1. The van der Waals surface area contributed by atoms with Crippen LogP contribution in [0.1, 0.15) is 6.42 Å². The largest absolute Gasteiger partial charge is 0.354 e. The summed E-state index contributed by atoms with van der Waals surface area (Å²) in [5.41, 5.74) is 0. The first kappa shape index (κ1) is 13.1. The zero-order valence-corrected chi connectivity index (χ0v) is 10.3. The number of halogens is 1. The van der Waals surface area contributed by atoms with Gasteiger partial charge < -0.3 is 10.6 Å². The van der Waals surface area contributed by atoms with Gasteiger partial charge in [0.25, 0.3) is 0 Å². The highest BCUT2D eigenvalue weighted by molar-refractivity contribution is 7.99. The van der Waals surface area contributed by atoms with Gasteiger partial charge in [-0.25, -0.2) is 0 Å². The number of hydrogen-bond donors (Lipinski definition) is 3. The number of nitrogens with one attached hydrogen (secondary N) is 3. The predicted octanol–water partition coefficient (Wildman–Crippen LogP) is -0.204. The van der Waals surface area contributed by atoms with Crippen molar-refractivity contribution in [2.24, 2.45) is 5.92 Å². The van der Waals surface area contributed by atoms with Gasteiger partial charge in [0.05, 0.1) is 6.04 Å². The Morgan fingerprint density at radius 1 is 1.53 bits per heavy atom. The number of rotatable bonds is 3. The van der Waals surface area contributed by atoms with Crippen LogP contribution in [0.3, 0.4) is 0 Å². The van der Waals surface area contributed by atoms with Crippen molar-refractivity contribution >= 4 is 30.1 Å². The van der Waals surface area contributed by atoms with Crippen LogP contribution in [-0.2, 0) is 4.79 Å². The molecule has 6 heteroatoms. The second-order valence-electron chi connectivity index (χ2n) is 3.88. The summed E-state index contributed by atoms with van der Waals surface area (Å²) in [6.07, 6.45) is 1.19. The van der Waals surface area contributed by atoms with Gasteiger partial charge in [-0.05, 0) is 25.4 Å². The molecule has 0 aromatic rings. The fourth-order valence-corrected chi connectivity index (χ4v) is 2.76. The zero-order chi connectivity index (χ0) is 9.80. The highest BCUT2D eigenvalue weighted by Crippen LogP contribution is 2.10. The molecule has 88 valence electrons. The quantitative estimate of drug-likeness (QED) is 0.650. The Morgan fingerprint density at radius 3 is 3.00 bits per heavy atom. The molecule has 2 heterocycles. The fourth-order valence-electron chi connectivity index (χ4n) is 1.82. The summed E-state index contributed by atoms with van der Waals surface area (Å²) in [6, 6.07) is 0.0364. The van der Waals surface area contributed by atoms with Crippen LogP contribution in [0.5, 0.6) is 0 Å². The van der Waals surface area contributed by atoms with Crippen molar-refractivity contribution < 1.29 is 4.79 Å². The number of carbonyl (C=O) groups is 1. The van der Waals surface area contributed by atoms with Gasteiger partial charge >= 0.3 is 0 Å². The monoisotopic (exact) mass is 251 g/mol. The predicted molar refractivity (Wildman–Crippen MR) is 65.5 cm³/mol. The molecule has 2 aliphatic rings. The van der Waals surface area contributed by atoms with Crippen LogP contribution in [-0.4, -0.2) is 43.2 Å². The molecule has 0 aromatic carbocycles. The highest BCUT2D eigenvalue weighted by atomic mass is 35.5. The molecule has 2 aliphatic heterocycles. The number of amides is 1. The van der Waals surface area contributed by atoms with Crippen molar-refractivity contribution in [3.05, 3.63) is 0 Å². The van der Waals surface area contributed by atoms with E-state index >= 15 is 0 Å². The van der Waals surface area contributed by atoms with Crippen LogP contribution >= 0.6 is 24.2 Å². The first-order chi connectivity index (χ1) is 6.86. The zero-order valence-electron chi connectivity index (χ0n) is 8.62. The van der Waals surface area contributed by atoms with Crippen LogP contribution in [0.2, 0.25) is 0 Å². The van der Waals surface area contributed by atoms with E-state index in [9.17, 15) is 4.79 Å². The molecule has 0 radical (unpaired) electrons. The molecule has 2 fully saturated rings. The molecule has 2 atom stereocenters. The number of hydrogen-bond acceptors (Lipinski definition) is 4. The maximum absolute atomic E-state index is 11.6. The number of carbonyl (C=O) groups excluding carboxylic acids is 1. The van der Waals surface area contributed by atoms with Crippen LogP contribution in [0.25, 0.3) is 0 Å². The maximum Gasteiger partial charge on any atom is 0.238 e. The smallest absolute Gasteiger partial charge is 0.238 e. The lowest BCUT2D eigenvalue weighted by Crippen LogP contribution is -2.43. The summed E-state index contributed by atoms with van der Waals surface area (Å²) >= 11 is 1.78. The Bertz CT molecular complexity index is 206. The topological polar surface area (TPSA) is 53.2 Å². The van der Waals surface area contributed by atoms with Crippen molar-refractivity contribution in [2.75, 3.05) is 31.3 Å². The summed E-state index contributed by atoms with van der Waals surface area (Å²) in [5.74, 6) is 2.62. The molecule has 15 heavy (non-hydrogen) atoms. The maximum atomic E-state index is 11.6. The van der Waals surface area contributed by atoms with Gasteiger partial charge in [0.2, 0.25) is 5.91 Å². The van der Waals surface area contributed by atoms with Crippen LogP contribution < -0.4 is 16.0 Å². The minimum absolute atomic E-state index is 0. The minimum atomic E-state index is 0. The third kappa shape index (κ3) is 3.83. The van der Waals surface area contributed by atoms with Gasteiger partial charge in [0, 0.05) is 18.2 Å². The van der Waals surface area contributed by atoms with Crippen molar-refractivity contribution in [1.82, 2.24) is 16.0 Å². The molecule has 3 N–H and O–H groups in total. The van der Waals surface area contributed by atoms with Crippen LogP contribution in [0.15, 0.2) is 0 Å². The van der Waals surface area contributed by atoms with Crippen molar-refractivity contribution in [3.63, 3.8) is 0 Å². The van der Waals surface area contributed by atoms with Crippen LogP contribution in [0, 0.1) is 5.92 Å². The Morgan fingerprint density at radius 2 is 2.40 bits per heavy atom. The van der Waals surface area contributed by atoms with Gasteiger partial charge in [-0.2, -0.15) is 0 Å². The van der Waals surface area contributed by atoms with E-state index in [2.05, 4.69) is 16.0 Å². The molecule has 2 saturated heterocycles. The van der Waals surface area contributed by atoms with E-state index in [4.69, 9.17) is 0 Å². The molecule has 1 amide bonds. The summed E-state index contributed by atoms with van der Waals surface area (Å²) < 4.78 is 0. The van der Waals surface area contributed by atoms with Gasteiger partial charge in [0.15, 0.2) is 0 Å². The second kappa shape index (κ2) is 6.58. The van der Waals surface area contributed by atoms with Crippen molar-refractivity contribution in [1.29, 1.82) is 0 Å². The molecule has 0 bridgehead atoms. The van der Waals surface area contributed by atoms with Crippen molar-refractivity contribution in [2.45, 2.75) is 12.5 Å². The summed E-state index contributed by atoms with van der Waals surface area (Å²) in [6.45, 7) is 2.97. The summed E-state index contributed by atoms with van der Waals surface area (Å²) in [4.78, 5) is 11.6. The molecule has 0 aromatic heterocycles. The molecule has 2 rings (SSSR count). The van der Waals surface area contributed by atoms with E-state index in [1.54, 1.807) is 11.8 Å². The third-order valence-electron chi connectivity index (χ3n) is 2.76. The molecule has 0 aliphatic carbocycles. The van der Waals surface area contributed by atoms with E-state index in [-0.39, 0.29) is 24.4 Å².